The summed E-state index contributed by atoms with van der Waals surface area (Å²) in [6, 6.07) is 8.39. The third-order valence-corrected chi connectivity index (χ3v) is 5.25. The van der Waals surface area contributed by atoms with Crippen LogP contribution in [0.1, 0.15) is 44.7 Å². The lowest BCUT2D eigenvalue weighted by atomic mass is 9.83. The Balaban J connectivity index is 2.04. The van der Waals surface area contributed by atoms with Gasteiger partial charge in [-0.25, -0.2) is 0 Å². The molecule has 0 saturated carbocycles. The maximum Gasteiger partial charge on any atom is 0.0500 e. The van der Waals surface area contributed by atoms with Crippen LogP contribution >= 0.6 is 0 Å². The van der Waals surface area contributed by atoms with Gasteiger partial charge in [-0.3, -0.25) is 9.88 Å². The summed E-state index contributed by atoms with van der Waals surface area (Å²) in [5.41, 5.74) is 7.92. The first-order chi connectivity index (χ1) is 10.2. The van der Waals surface area contributed by atoms with Gasteiger partial charge in [0.1, 0.15) is 0 Å². The quantitative estimate of drug-likeness (QED) is 0.934. The van der Waals surface area contributed by atoms with E-state index < -0.39 is 0 Å². The molecule has 0 aliphatic carbocycles. The van der Waals surface area contributed by atoms with E-state index in [9.17, 15) is 0 Å². The SMILES string of the molecule is CCC(C)(C(N)c1cncc2ccccc12)N1CCCC1. The third-order valence-electron chi connectivity index (χ3n) is 5.25. The highest BCUT2D eigenvalue weighted by Crippen LogP contribution is 2.37. The first-order valence-electron chi connectivity index (χ1n) is 8.00. The van der Waals surface area contributed by atoms with E-state index in [4.69, 9.17) is 5.73 Å². The van der Waals surface area contributed by atoms with Gasteiger partial charge in [-0.1, -0.05) is 31.2 Å². The van der Waals surface area contributed by atoms with Gasteiger partial charge in [0.25, 0.3) is 0 Å². The first-order valence-corrected chi connectivity index (χ1v) is 8.00. The summed E-state index contributed by atoms with van der Waals surface area (Å²) in [7, 11) is 0. The van der Waals surface area contributed by atoms with Crippen LogP contribution in [0.5, 0.6) is 0 Å². The molecular weight excluding hydrogens is 258 g/mol. The molecule has 0 bridgehead atoms. The minimum Gasteiger partial charge on any atom is -0.322 e. The molecule has 1 aromatic heterocycles. The molecule has 2 heterocycles. The summed E-state index contributed by atoms with van der Waals surface area (Å²) >= 11 is 0. The predicted octanol–water partition coefficient (Wildman–Crippen LogP) is 3.50. The van der Waals surface area contributed by atoms with E-state index in [1.165, 1.54) is 29.2 Å². The van der Waals surface area contributed by atoms with Gasteiger partial charge in [-0.2, -0.15) is 0 Å². The zero-order valence-corrected chi connectivity index (χ0v) is 13.0. The van der Waals surface area contributed by atoms with Crippen molar-refractivity contribution in [1.82, 2.24) is 9.88 Å². The molecular formula is C18H25N3. The fraction of sp³-hybridized carbons (Fsp3) is 0.500. The maximum atomic E-state index is 6.75. The van der Waals surface area contributed by atoms with Gasteiger partial charge in [0, 0.05) is 23.3 Å². The second kappa shape index (κ2) is 5.74. The van der Waals surface area contributed by atoms with Crippen molar-refractivity contribution in [1.29, 1.82) is 0 Å². The highest BCUT2D eigenvalue weighted by Gasteiger charge is 2.38. The predicted molar refractivity (Wildman–Crippen MR) is 88.2 cm³/mol. The van der Waals surface area contributed by atoms with Gasteiger partial charge in [0.05, 0.1) is 6.04 Å². The van der Waals surface area contributed by atoms with Crippen LogP contribution in [0.3, 0.4) is 0 Å². The third kappa shape index (κ3) is 2.45. The van der Waals surface area contributed by atoms with Crippen LogP contribution < -0.4 is 5.73 Å². The lowest BCUT2D eigenvalue weighted by Crippen LogP contribution is -2.51. The van der Waals surface area contributed by atoms with E-state index >= 15 is 0 Å². The van der Waals surface area contributed by atoms with Crippen molar-refractivity contribution >= 4 is 10.8 Å². The van der Waals surface area contributed by atoms with Crippen molar-refractivity contribution in [3.05, 3.63) is 42.2 Å². The Morgan fingerprint density at radius 3 is 2.67 bits per heavy atom. The number of pyridine rings is 1. The topological polar surface area (TPSA) is 42.1 Å². The number of benzene rings is 1. The average molecular weight is 283 g/mol. The van der Waals surface area contributed by atoms with Crippen molar-refractivity contribution in [2.45, 2.75) is 44.7 Å². The zero-order chi connectivity index (χ0) is 14.9. The van der Waals surface area contributed by atoms with Crippen LogP contribution in [0.15, 0.2) is 36.7 Å². The van der Waals surface area contributed by atoms with E-state index in [0.29, 0.717) is 0 Å². The van der Waals surface area contributed by atoms with E-state index in [0.717, 1.165) is 19.5 Å². The minimum absolute atomic E-state index is 0.00229. The Hall–Kier alpha value is -1.45. The van der Waals surface area contributed by atoms with E-state index in [1.807, 2.05) is 12.4 Å². The van der Waals surface area contributed by atoms with Crippen LogP contribution in [0.4, 0.5) is 0 Å². The minimum atomic E-state index is -0.0146. The van der Waals surface area contributed by atoms with E-state index in [2.05, 4.69) is 48.0 Å². The largest absolute Gasteiger partial charge is 0.322 e. The second-order valence-electron chi connectivity index (χ2n) is 6.33. The normalized spacial score (nSPS) is 20.5. The molecule has 1 aliphatic rings. The molecule has 1 aliphatic heterocycles. The Morgan fingerprint density at radius 2 is 1.95 bits per heavy atom. The molecule has 3 rings (SSSR count). The van der Waals surface area contributed by atoms with Gasteiger partial charge >= 0.3 is 0 Å². The molecule has 21 heavy (non-hydrogen) atoms. The van der Waals surface area contributed by atoms with E-state index in [-0.39, 0.29) is 11.6 Å². The lowest BCUT2D eigenvalue weighted by Gasteiger charge is -2.43. The summed E-state index contributed by atoms with van der Waals surface area (Å²) in [6.07, 6.45) is 7.51. The molecule has 112 valence electrons. The van der Waals surface area contributed by atoms with Gasteiger partial charge in [0.15, 0.2) is 0 Å². The average Bonchev–Trinajstić information content (AvgIpc) is 3.08. The fourth-order valence-electron chi connectivity index (χ4n) is 3.59. The van der Waals surface area contributed by atoms with Crippen molar-refractivity contribution in [3.63, 3.8) is 0 Å². The molecule has 2 atom stereocenters. The van der Waals surface area contributed by atoms with Crippen molar-refractivity contribution in [2.75, 3.05) is 13.1 Å². The monoisotopic (exact) mass is 283 g/mol. The maximum absolute atomic E-state index is 6.75. The molecule has 0 spiro atoms. The first kappa shape index (κ1) is 14.5. The van der Waals surface area contributed by atoms with Crippen molar-refractivity contribution < 1.29 is 0 Å². The Labute approximate surface area is 127 Å². The van der Waals surface area contributed by atoms with Gasteiger partial charge in [0.2, 0.25) is 0 Å². The molecule has 3 heteroatoms. The summed E-state index contributed by atoms with van der Waals surface area (Å²) in [5, 5.41) is 2.41. The number of fused-ring (bicyclic) bond motifs is 1. The summed E-state index contributed by atoms with van der Waals surface area (Å²) in [4.78, 5) is 6.98. The van der Waals surface area contributed by atoms with Gasteiger partial charge in [-0.15, -0.1) is 0 Å². The number of hydrogen-bond acceptors (Lipinski definition) is 3. The standard InChI is InChI=1S/C18H25N3/c1-3-18(2,21-10-6-7-11-21)17(19)16-13-20-12-14-8-4-5-9-15(14)16/h4-5,8-9,12-13,17H,3,6-7,10-11,19H2,1-2H3. The second-order valence-corrected chi connectivity index (χ2v) is 6.33. The van der Waals surface area contributed by atoms with E-state index in [1.54, 1.807) is 0 Å². The Kier molecular flexibility index (Phi) is 3.96. The summed E-state index contributed by atoms with van der Waals surface area (Å²) in [5.74, 6) is 0. The number of hydrogen-bond donors (Lipinski definition) is 1. The van der Waals surface area contributed by atoms with Crippen molar-refractivity contribution in [3.8, 4) is 0 Å². The Bertz CT molecular complexity index is 613. The highest BCUT2D eigenvalue weighted by atomic mass is 15.2. The zero-order valence-electron chi connectivity index (χ0n) is 13.0. The Morgan fingerprint density at radius 1 is 1.24 bits per heavy atom. The number of aromatic nitrogens is 1. The fourth-order valence-corrected chi connectivity index (χ4v) is 3.59. The molecule has 1 fully saturated rings. The summed E-state index contributed by atoms with van der Waals surface area (Å²) in [6.45, 7) is 6.88. The summed E-state index contributed by atoms with van der Waals surface area (Å²) < 4.78 is 0. The van der Waals surface area contributed by atoms with Crippen molar-refractivity contribution in [2.24, 2.45) is 5.73 Å². The molecule has 2 aromatic rings. The molecule has 1 aromatic carbocycles. The smallest absolute Gasteiger partial charge is 0.0500 e. The molecule has 2 N–H and O–H groups in total. The van der Waals surface area contributed by atoms with Crippen LogP contribution in [0.25, 0.3) is 10.8 Å². The number of nitrogens with two attached hydrogens (primary N) is 1. The van der Waals surface area contributed by atoms with Gasteiger partial charge < -0.3 is 5.73 Å². The van der Waals surface area contributed by atoms with Crippen LogP contribution in [-0.2, 0) is 0 Å². The van der Waals surface area contributed by atoms with Gasteiger partial charge in [-0.05, 0) is 50.2 Å². The van der Waals surface area contributed by atoms with Crippen LogP contribution in [0.2, 0.25) is 0 Å². The molecule has 1 saturated heterocycles. The lowest BCUT2D eigenvalue weighted by molar-refractivity contribution is 0.100. The molecule has 3 nitrogen and oxygen atoms in total. The number of likely N-dealkylation sites (tertiary alicyclic amines) is 1. The highest BCUT2D eigenvalue weighted by molar-refractivity contribution is 5.85. The molecule has 0 amide bonds. The van der Waals surface area contributed by atoms with Crippen LogP contribution in [0, 0.1) is 0 Å². The number of nitrogens with zero attached hydrogens (tertiary/aromatic N) is 2. The molecule has 0 radical (unpaired) electrons. The molecule has 2 unspecified atom stereocenters. The van der Waals surface area contributed by atoms with Crippen LogP contribution in [-0.4, -0.2) is 28.5 Å². The number of rotatable bonds is 4.